The fourth-order valence-electron chi connectivity index (χ4n) is 3.73. The van der Waals surface area contributed by atoms with Gasteiger partial charge in [0.25, 0.3) is 0 Å². The zero-order valence-electron chi connectivity index (χ0n) is 13.5. The molecule has 0 unspecified atom stereocenters. The lowest BCUT2D eigenvalue weighted by molar-refractivity contribution is 0.433. The Morgan fingerprint density at radius 2 is 1.88 bits per heavy atom. The summed E-state index contributed by atoms with van der Waals surface area (Å²) < 4.78 is 13.8. The first kappa shape index (κ1) is 15.7. The normalized spacial score (nSPS) is 18.1. The van der Waals surface area contributed by atoms with E-state index in [1.54, 1.807) is 12.1 Å². The third-order valence-corrected chi connectivity index (χ3v) is 5.35. The summed E-state index contributed by atoms with van der Waals surface area (Å²) in [7, 11) is 0. The maximum Gasteiger partial charge on any atom is 0.125 e. The first-order valence-electron chi connectivity index (χ1n) is 8.47. The predicted octanol–water partition coefficient (Wildman–Crippen LogP) is 4.02. The molecule has 1 saturated heterocycles. The van der Waals surface area contributed by atoms with Crippen LogP contribution in [0.2, 0.25) is 5.02 Å². The van der Waals surface area contributed by atoms with E-state index >= 15 is 0 Å². The van der Waals surface area contributed by atoms with Crippen LogP contribution < -0.4 is 15.1 Å². The van der Waals surface area contributed by atoms with Gasteiger partial charge in [0.1, 0.15) is 5.82 Å². The number of halogens is 2. The van der Waals surface area contributed by atoms with Crippen molar-refractivity contribution >= 4 is 23.0 Å². The van der Waals surface area contributed by atoms with Crippen LogP contribution in [0.3, 0.4) is 0 Å². The van der Waals surface area contributed by atoms with Crippen molar-refractivity contribution in [3.05, 3.63) is 58.9 Å². The molecule has 5 heteroatoms. The van der Waals surface area contributed by atoms with Gasteiger partial charge in [-0.2, -0.15) is 0 Å². The Bertz CT molecular complexity index is 730. The average molecular weight is 346 g/mol. The summed E-state index contributed by atoms with van der Waals surface area (Å²) in [6.07, 6.45) is 2.19. The van der Waals surface area contributed by atoms with Gasteiger partial charge in [0.15, 0.2) is 0 Å². The zero-order valence-corrected chi connectivity index (χ0v) is 14.3. The van der Waals surface area contributed by atoms with Crippen LogP contribution in [0.5, 0.6) is 0 Å². The van der Waals surface area contributed by atoms with Crippen molar-refractivity contribution in [2.45, 2.75) is 25.4 Å². The number of fused-ring (bicyclic) bond motifs is 1. The van der Waals surface area contributed by atoms with E-state index in [1.165, 1.54) is 0 Å². The van der Waals surface area contributed by atoms with Crippen molar-refractivity contribution in [1.82, 2.24) is 5.32 Å². The molecule has 0 aliphatic carbocycles. The number of anilines is 2. The first-order valence-corrected chi connectivity index (χ1v) is 8.85. The Morgan fingerprint density at radius 3 is 2.67 bits per heavy atom. The van der Waals surface area contributed by atoms with Crippen LogP contribution >= 0.6 is 11.6 Å². The molecule has 0 aromatic heterocycles. The van der Waals surface area contributed by atoms with Gasteiger partial charge < -0.3 is 15.1 Å². The second kappa shape index (κ2) is 6.61. The van der Waals surface area contributed by atoms with Gasteiger partial charge in [0.05, 0.1) is 18.0 Å². The predicted molar refractivity (Wildman–Crippen MR) is 97.3 cm³/mol. The average Bonchev–Trinajstić information content (AvgIpc) is 2.95. The van der Waals surface area contributed by atoms with Crippen molar-refractivity contribution < 1.29 is 4.39 Å². The molecule has 2 aromatic rings. The molecule has 2 heterocycles. The lowest BCUT2D eigenvalue weighted by Crippen LogP contribution is -2.44. The molecule has 24 heavy (non-hydrogen) atoms. The zero-order chi connectivity index (χ0) is 16.5. The van der Waals surface area contributed by atoms with Gasteiger partial charge in [0.2, 0.25) is 0 Å². The summed E-state index contributed by atoms with van der Waals surface area (Å²) in [5, 5.41) is 4.18. The quantitative estimate of drug-likeness (QED) is 0.906. The van der Waals surface area contributed by atoms with E-state index in [9.17, 15) is 4.39 Å². The highest BCUT2D eigenvalue weighted by Gasteiger charge is 2.32. The van der Waals surface area contributed by atoms with Gasteiger partial charge in [0, 0.05) is 17.6 Å². The van der Waals surface area contributed by atoms with Crippen molar-refractivity contribution in [3.63, 3.8) is 0 Å². The third-order valence-electron chi connectivity index (χ3n) is 4.98. The number of benzene rings is 2. The van der Waals surface area contributed by atoms with E-state index in [-0.39, 0.29) is 5.82 Å². The second-order valence-electron chi connectivity index (χ2n) is 6.51. The molecule has 3 nitrogen and oxygen atoms in total. The van der Waals surface area contributed by atoms with Gasteiger partial charge in [-0.1, -0.05) is 29.8 Å². The van der Waals surface area contributed by atoms with E-state index in [0.29, 0.717) is 6.04 Å². The number of hydrogen-bond donors (Lipinski definition) is 1. The summed E-state index contributed by atoms with van der Waals surface area (Å²) in [4.78, 5) is 4.65. The summed E-state index contributed by atoms with van der Waals surface area (Å²) in [5.74, 6) is -0.174. The molecule has 2 aliphatic rings. The Labute approximate surface area is 147 Å². The molecular weight excluding hydrogens is 325 g/mol. The van der Waals surface area contributed by atoms with Crippen LogP contribution in [0.1, 0.15) is 18.4 Å². The molecule has 4 rings (SSSR count). The lowest BCUT2D eigenvalue weighted by atomic mass is 10.0. The minimum Gasteiger partial charge on any atom is -0.349 e. The maximum atomic E-state index is 13.8. The van der Waals surface area contributed by atoms with Crippen LogP contribution in [-0.2, 0) is 6.54 Å². The van der Waals surface area contributed by atoms with Crippen molar-refractivity contribution in [3.8, 4) is 0 Å². The lowest BCUT2D eigenvalue weighted by Gasteiger charge is -2.33. The van der Waals surface area contributed by atoms with Crippen LogP contribution in [0.15, 0.2) is 42.5 Å². The number of piperidine rings is 1. The molecule has 2 aromatic carbocycles. The number of rotatable bonds is 3. The van der Waals surface area contributed by atoms with Gasteiger partial charge in [-0.05, 0) is 55.8 Å². The van der Waals surface area contributed by atoms with E-state index in [2.05, 4.69) is 21.2 Å². The summed E-state index contributed by atoms with van der Waals surface area (Å²) in [5.41, 5.74) is 3.20. The molecule has 0 bridgehead atoms. The van der Waals surface area contributed by atoms with E-state index < -0.39 is 0 Å². The molecule has 0 radical (unpaired) electrons. The Balaban J connectivity index is 1.64. The Kier molecular flexibility index (Phi) is 4.33. The molecule has 0 amide bonds. The minimum atomic E-state index is -0.174. The van der Waals surface area contributed by atoms with Crippen LogP contribution in [0, 0.1) is 5.82 Å². The standard InChI is InChI=1S/C19H21ClFN3/c20-17-4-2-1-3-14(17)12-23-13-24(16-7-9-22-10-8-16)19-11-15(21)5-6-18(19)23/h1-6,11,16,22H,7-10,12-13H2. The van der Waals surface area contributed by atoms with Gasteiger partial charge in [-0.3, -0.25) is 0 Å². The molecular formula is C19H21ClFN3. The van der Waals surface area contributed by atoms with Gasteiger partial charge in [-0.25, -0.2) is 4.39 Å². The highest BCUT2D eigenvalue weighted by atomic mass is 35.5. The van der Waals surface area contributed by atoms with Crippen LogP contribution in [0.4, 0.5) is 15.8 Å². The molecule has 2 aliphatic heterocycles. The summed E-state index contributed by atoms with van der Waals surface area (Å²) in [6, 6.07) is 13.5. The number of nitrogens with zero attached hydrogens (tertiary/aromatic N) is 2. The molecule has 1 fully saturated rings. The molecule has 0 saturated carbocycles. The fraction of sp³-hybridized carbons (Fsp3) is 0.368. The monoisotopic (exact) mass is 345 g/mol. The maximum absolute atomic E-state index is 13.8. The van der Waals surface area contributed by atoms with Crippen LogP contribution in [0.25, 0.3) is 0 Å². The first-order chi connectivity index (χ1) is 11.7. The molecule has 126 valence electrons. The highest BCUT2D eigenvalue weighted by Crippen LogP contribution is 2.40. The van der Waals surface area contributed by atoms with E-state index in [1.807, 2.05) is 24.3 Å². The molecule has 1 N–H and O–H groups in total. The Morgan fingerprint density at radius 1 is 1.08 bits per heavy atom. The van der Waals surface area contributed by atoms with Gasteiger partial charge >= 0.3 is 0 Å². The van der Waals surface area contributed by atoms with Gasteiger partial charge in [-0.15, -0.1) is 0 Å². The smallest absolute Gasteiger partial charge is 0.125 e. The molecule has 0 spiro atoms. The third kappa shape index (κ3) is 2.96. The minimum absolute atomic E-state index is 0.174. The van der Waals surface area contributed by atoms with E-state index in [4.69, 9.17) is 11.6 Å². The highest BCUT2D eigenvalue weighted by molar-refractivity contribution is 6.31. The Hall–Kier alpha value is -1.78. The number of hydrogen-bond acceptors (Lipinski definition) is 3. The van der Waals surface area contributed by atoms with Crippen LogP contribution in [-0.4, -0.2) is 25.8 Å². The SMILES string of the molecule is Fc1ccc2c(c1)N(C1CCNCC1)CN2Cc1ccccc1Cl. The topological polar surface area (TPSA) is 18.5 Å². The largest absolute Gasteiger partial charge is 0.349 e. The fourth-order valence-corrected chi connectivity index (χ4v) is 3.92. The summed E-state index contributed by atoms with van der Waals surface area (Å²) in [6.45, 7) is 3.57. The van der Waals surface area contributed by atoms with E-state index in [0.717, 1.165) is 61.1 Å². The van der Waals surface area contributed by atoms with Crippen molar-refractivity contribution in [1.29, 1.82) is 0 Å². The summed E-state index contributed by atoms with van der Waals surface area (Å²) >= 11 is 6.33. The van der Waals surface area contributed by atoms with Crippen molar-refractivity contribution in [2.24, 2.45) is 0 Å². The number of nitrogens with one attached hydrogen (secondary N) is 1. The second-order valence-corrected chi connectivity index (χ2v) is 6.92. The van der Waals surface area contributed by atoms with Crippen molar-refractivity contribution in [2.75, 3.05) is 29.6 Å². The molecule has 0 atom stereocenters.